The number of anilines is 1. The molecule has 3 aromatic rings. The summed E-state index contributed by atoms with van der Waals surface area (Å²) in [4.78, 5) is 30.1. The van der Waals surface area contributed by atoms with Gasteiger partial charge in [0.25, 0.3) is 5.56 Å². The van der Waals surface area contributed by atoms with Crippen LogP contribution in [0.15, 0.2) is 53.6 Å². The summed E-state index contributed by atoms with van der Waals surface area (Å²) in [7, 11) is 0. The molecule has 1 aromatic carbocycles. The largest absolute Gasteiger partial charge is 0.421 e. The van der Waals surface area contributed by atoms with E-state index in [0.29, 0.717) is 18.0 Å². The van der Waals surface area contributed by atoms with E-state index in [0.717, 1.165) is 27.6 Å². The van der Waals surface area contributed by atoms with Crippen molar-refractivity contribution < 1.29 is 18.0 Å². The van der Waals surface area contributed by atoms with Crippen LogP contribution in [-0.4, -0.2) is 21.5 Å². The van der Waals surface area contributed by atoms with Crippen molar-refractivity contribution >= 4 is 22.5 Å². The number of aromatic nitrogens is 2. The highest BCUT2D eigenvalue weighted by atomic mass is 19.4. The minimum Gasteiger partial charge on any atom is -0.361 e. The van der Waals surface area contributed by atoms with E-state index >= 15 is 0 Å². The predicted molar refractivity (Wildman–Crippen MR) is 110 cm³/mol. The molecule has 30 heavy (non-hydrogen) atoms. The lowest BCUT2D eigenvalue weighted by atomic mass is 10.0. The predicted octanol–water partition coefficient (Wildman–Crippen LogP) is 4.82. The first-order chi connectivity index (χ1) is 14.1. The van der Waals surface area contributed by atoms with E-state index < -0.39 is 29.8 Å². The number of rotatable bonds is 6. The topological polar surface area (TPSA) is 58.1 Å². The lowest BCUT2D eigenvalue weighted by molar-refractivity contribution is -0.139. The van der Waals surface area contributed by atoms with Crippen LogP contribution in [0.1, 0.15) is 32.8 Å². The molecule has 2 heterocycles. The molecule has 0 radical (unpaired) electrons. The lowest BCUT2D eigenvalue weighted by Crippen LogP contribution is -2.43. The Morgan fingerprint density at radius 2 is 1.90 bits per heavy atom. The van der Waals surface area contributed by atoms with E-state index in [1.165, 1.54) is 6.20 Å². The molecule has 2 aromatic heterocycles. The summed E-state index contributed by atoms with van der Waals surface area (Å²) in [6.07, 6.45) is -1.07. The molecular formula is C22H24F3N3O2. The van der Waals surface area contributed by atoms with E-state index in [4.69, 9.17) is 0 Å². The first-order valence-electron chi connectivity index (χ1n) is 9.73. The maximum Gasteiger partial charge on any atom is 0.421 e. The van der Waals surface area contributed by atoms with Gasteiger partial charge in [-0.05, 0) is 55.7 Å². The van der Waals surface area contributed by atoms with Crippen molar-refractivity contribution in [2.24, 2.45) is 5.92 Å². The smallest absolute Gasteiger partial charge is 0.361 e. The zero-order valence-corrected chi connectivity index (χ0v) is 17.0. The fraction of sp³-hybridized carbons (Fsp3) is 0.364. The van der Waals surface area contributed by atoms with Crippen LogP contribution in [0.25, 0.3) is 10.9 Å². The Balaban J connectivity index is 1.98. The Labute approximate surface area is 172 Å². The van der Waals surface area contributed by atoms with Gasteiger partial charge in [0.1, 0.15) is 12.1 Å². The molecule has 0 saturated carbocycles. The Kier molecular flexibility index (Phi) is 6.05. The molecule has 0 aliphatic carbocycles. The summed E-state index contributed by atoms with van der Waals surface area (Å²) in [6.45, 7) is 5.49. The Hall–Kier alpha value is -3.03. The summed E-state index contributed by atoms with van der Waals surface area (Å²) in [5.74, 6) is -0.137. The Bertz CT molecular complexity index is 1100. The molecule has 1 N–H and O–H groups in total. The van der Waals surface area contributed by atoms with Crippen LogP contribution in [0.3, 0.4) is 0 Å². The Morgan fingerprint density at radius 3 is 2.57 bits per heavy atom. The number of hydrogen-bond donors (Lipinski definition) is 1. The van der Waals surface area contributed by atoms with Crippen molar-refractivity contribution in [2.75, 3.05) is 4.90 Å². The number of carbonyl (C=O) groups excluding carboxylic acids is 1. The third-order valence-electron chi connectivity index (χ3n) is 4.97. The number of benzene rings is 1. The minimum atomic E-state index is -4.77. The fourth-order valence-electron chi connectivity index (χ4n) is 3.72. The minimum absolute atomic E-state index is 0.199. The number of amides is 1. The SMILES string of the molecule is CC(C)CC(C)N(C(=O)Cn1cccc(C(F)(F)F)c1=O)c1ccc2[nH]ccc2c1. The number of aromatic amines is 1. The van der Waals surface area contributed by atoms with Crippen molar-refractivity contribution in [3.05, 3.63) is 64.7 Å². The molecule has 0 spiro atoms. The molecule has 0 bridgehead atoms. The van der Waals surface area contributed by atoms with Gasteiger partial charge in [0, 0.05) is 35.0 Å². The van der Waals surface area contributed by atoms with Crippen molar-refractivity contribution in [1.82, 2.24) is 9.55 Å². The van der Waals surface area contributed by atoms with Crippen LogP contribution in [-0.2, 0) is 17.5 Å². The van der Waals surface area contributed by atoms with E-state index in [2.05, 4.69) is 4.98 Å². The number of nitrogens with one attached hydrogen (secondary N) is 1. The number of fused-ring (bicyclic) bond motifs is 1. The molecule has 1 atom stereocenters. The number of alkyl halides is 3. The standard InChI is InChI=1S/C22H24F3N3O2/c1-14(2)11-15(3)28(17-6-7-19-16(12-17)8-9-26-19)20(29)13-27-10-4-5-18(21(27)30)22(23,24)25/h4-10,12,14-15,26H,11,13H2,1-3H3. The van der Waals surface area contributed by atoms with Crippen LogP contribution in [0.4, 0.5) is 18.9 Å². The van der Waals surface area contributed by atoms with Crippen molar-refractivity contribution in [3.63, 3.8) is 0 Å². The fourth-order valence-corrected chi connectivity index (χ4v) is 3.72. The van der Waals surface area contributed by atoms with E-state index in [1.807, 2.05) is 39.0 Å². The zero-order valence-electron chi connectivity index (χ0n) is 17.0. The second-order valence-electron chi connectivity index (χ2n) is 7.84. The number of H-pyrrole nitrogens is 1. The number of pyridine rings is 1. The summed E-state index contributed by atoms with van der Waals surface area (Å²) < 4.78 is 40.0. The number of nitrogens with zero attached hydrogens (tertiary/aromatic N) is 2. The van der Waals surface area contributed by atoms with Gasteiger partial charge in [0.15, 0.2) is 0 Å². The summed E-state index contributed by atoms with van der Waals surface area (Å²) in [5, 5.41) is 0.915. The number of carbonyl (C=O) groups is 1. The van der Waals surface area contributed by atoms with E-state index in [-0.39, 0.29) is 6.04 Å². The first-order valence-corrected chi connectivity index (χ1v) is 9.73. The average molecular weight is 419 g/mol. The van der Waals surface area contributed by atoms with Crippen LogP contribution in [0.2, 0.25) is 0 Å². The number of hydrogen-bond acceptors (Lipinski definition) is 2. The second kappa shape index (κ2) is 8.38. The van der Waals surface area contributed by atoms with Crippen molar-refractivity contribution in [1.29, 1.82) is 0 Å². The van der Waals surface area contributed by atoms with Gasteiger partial charge in [-0.3, -0.25) is 9.59 Å². The van der Waals surface area contributed by atoms with Gasteiger partial charge in [-0.15, -0.1) is 0 Å². The van der Waals surface area contributed by atoms with Crippen LogP contribution >= 0.6 is 0 Å². The maximum absolute atomic E-state index is 13.2. The van der Waals surface area contributed by atoms with Gasteiger partial charge < -0.3 is 14.5 Å². The summed E-state index contributed by atoms with van der Waals surface area (Å²) in [6, 6.07) is 9.04. The van der Waals surface area contributed by atoms with Crippen molar-refractivity contribution in [3.8, 4) is 0 Å². The molecule has 1 unspecified atom stereocenters. The first kappa shape index (κ1) is 21.7. The second-order valence-corrected chi connectivity index (χ2v) is 7.84. The zero-order chi connectivity index (χ0) is 22.1. The molecule has 160 valence electrons. The summed E-state index contributed by atoms with van der Waals surface area (Å²) >= 11 is 0. The van der Waals surface area contributed by atoms with E-state index in [9.17, 15) is 22.8 Å². The quantitative estimate of drug-likeness (QED) is 0.623. The van der Waals surface area contributed by atoms with E-state index in [1.54, 1.807) is 17.2 Å². The Morgan fingerprint density at radius 1 is 1.17 bits per heavy atom. The molecule has 1 amide bonds. The van der Waals surface area contributed by atoms with Gasteiger partial charge in [0.2, 0.25) is 5.91 Å². The molecule has 5 nitrogen and oxygen atoms in total. The highest BCUT2D eigenvalue weighted by molar-refractivity contribution is 5.96. The van der Waals surface area contributed by atoms with Crippen LogP contribution < -0.4 is 10.5 Å². The van der Waals surface area contributed by atoms with Gasteiger partial charge >= 0.3 is 6.18 Å². The average Bonchev–Trinajstić information content (AvgIpc) is 3.10. The molecule has 0 saturated heterocycles. The van der Waals surface area contributed by atoms with Crippen LogP contribution in [0.5, 0.6) is 0 Å². The third-order valence-corrected chi connectivity index (χ3v) is 4.97. The van der Waals surface area contributed by atoms with Gasteiger partial charge in [-0.2, -0.15) is 13.2 Å². The number of halogens is 3. The normalized spacial score (nSPS) is 13.0. The van der Waals surface area contributed by atoms with Gasteiger partial charge in [-0.25, -0.2) is 0 Å². The molecule has 0 fully saturated rings. The summed E-state index contributed by atoms with van der Waals surface area (Å²) in [5.41, 5.74) is -0.957. The molecular weight excluding hydrogens is 395 g/mol. The molecule has 3 rings (SSSR count). The third kappa shape index (κ3) is 4.58. The maximum atomic E-state index is 13.2. The lowest BCUT2D eigenvalue weighted by Gasteiger charge is -2.31. The van der Waals surface area contributed by atoms with Crippen LogP contribution in [0, 0.1) is 5.92 Å². The van der Waals surface area contributed by atoms with Gasteiger partial charge in [0.05, 0.1) is 0 Å². The molecule has 0 aliphatic heterocycles. The molecule has 0 aliphatic rings. The highest BCUT2D eigenvalue weighted by Gasteiger charge is 2.34. The highest BCUT2D eigenvalue weighted by Crippen LogP contribution is 2.27. The van der Waals surface area contributed by atoms with Gasteiger partial charge in [-0.1, -0.05) is 13.8 Å². The molecule has 8 heteroatoms. The monoisotopic (exact) mass is 419 g/mol. The van der Waals surface area contributed by atoms with Crippen molar-refractivity contribution in [2.45, 2.75) is 46.0 Å².